The van der Waals surface area contributed by atoms with E-state index in [1.165, 1.54) is 0 Å². The van der Waals surface area contributed by atoms with E-state index in [1.54, 1.807) is 0 Å². The number of hydrogen-bond donors (Lipinski definition) is 3. The third kappa shape index (κ3) is 5.18. The molecule has 3 amide bonds. The van der Waals surface area contributed by atoms with Crippen molar-refractivity contribution >= 4 is 27.9 Å². The molecule has 0 aromatic heterocycles. The minimum atomic E-state index is -0.890. The van der Waals surface area contributed by atoms with Crippen molar-refractivity contribution in [2.45, 2.75) is 20.4 Å². The summed E-state index contributed by atoms with van der Waals surface area (Å²) in [6.07, 6.45) is 0. The number of hydrogen-bond acceptors (Lipinski definition) is 4. The van der Waals surface area contributed by atoms with Gasteiger partial charge in [0.25, 0.3) is 5.91 Å². The summed E-state index contributed by atoms with van der Waals surface area (Å²) in [5, 5.41) is 5.16. The van der Waals surface area contributed by atoms with E-state index in [4.69, 9.17) is 10.5 Å². The van der Waals surface area contributed by atoms with Crippen molar-refractivity contribution in [3.8, 4) is 5.75 Å². The summed E-state index contributed by atoms with van der Waals surface area (Å²) >= 11 is 3.43. The number of primary amides is 1. The number of rotatable bonds is 6. The molecule has 0 atom stereocenters. The average molecular weight is 344 g/mol. The van der Waals surface area contributed by atoms with Gasteiger partial charge in [-0.2, -0.15) is 0 Å². The Balaban J connectivity index is 2.81. The number of ether oxygens (including phenoxy) is 1. The highest BCUT2D eigenvalue weighted by Crippen LogP contribution is 2.28. The van der Waals surface area contributed by atoms with E-state index in [0.717, 1.165) is 22.1 Å². The molecule has 0 aliphatic carbocycles. The Bertz CT molecular complexity index is 506. The number of nitrogens with one attached hydrogen (secondary N) is 2. The highest BCUT2D eigenvalue weighted by molar-refractivity contribution is 9.10. The number of halogens is 1. The van der Waals surface area contributed by atoms with Crippen LogP contribution in [-0.4, -0.2) is 25.1 Å². The molecule has 0 saturated carbocycles. The topological polar surface area (TPSA) is 93.4 Å². The van der Waals surface area contributed by atoms with Gasteiger partial charge >= 0.3 is 6.03 Å². The molecule has 6 nitrogen and oxygen atoms in total. The van der Waals surface area contributed by atoms with E-state index in [0.29, 0.717) is 12.3 Å². The second-order valence-corrected chi connectivity index (χ2v) is 5.11. The zero-order chi connectivity index (χ0) is 15.1. The van der Waals surface area contributed by atoms with Crippen LogP contribution in [0.3, 0.4) is 0 Å². The lowest BCUT2D eigenvalue weighted by atomic mass is 10.1. The molecular formula is C13H18BrN3O3. The molecule has 7 heteroatoms. The first-order valence-corrected chi connectivity index (χ1v) is 6.95. The summed E-state index contributed by atoms with van der Waals surface area (Å²) < 4.78 is 6.44. The molecule has 1 aromatic rings. The van der Waals surface area contributed by atoms with Crippen LogP contribution in [0.25, 0.3) is 0 Å². The zero-order valence-corrected chi connectivity index (χ0v) is 13.0. The molecule has 20 heavy (non-hydrogen) atoms. The molecule has 4 N–H and O–H groups in total. The number of benzene rings is 1. The summed E-state index contributed by atoms with van der Waals surface area (Å²) in [5.74, 6) is 0.0583. The second kappa shape index (κ2) is 7.86. The fourth-order valence-electron chi connectivity index (χ4n) is 1.71. The first kappa shape index (κ1) is 16.5. The highest BCUT2D eigenvalue weighted by Gasteiger charge is 2.11. The first-order valence-electron chi connectivity index (χ1n) is 6.15. The zero-order valence-electron chi connectivity index (χ0n) is 11.5. The van der Waals surface area contributed by atoms with Crippen LogP contribution in [0, 0.1) is 6.92 Å². The van der Waals surface area contributed by atoms with Gasteiger partial charge in [0.05, 0.1) is 0 Å². The van der Waals surface area contributed by atoms with E-state index in [-0.39, 0.29) is 6.61 Å². The normalized spacial score (nSPS) is 10.2. The van der Waals surface area contributed by atoms with E-state index < -0.39 is 11.9 Å². The molecule has 0 spiro atoms. The fourth-order valence-corrected chi connectivity index (χ4v) is 2.33. The Hall–Kier alpha value is -1.60. The van der Waals surface area contributed by atoms with Gasteiger partial charge < -0.3 is 15.8 Å². The minimum Gasteiger partial charge on any atom is -0.483 e. The summed E-state index contributed by atoms with van der Waals surface area (Å²) in [7, 11) is 0. The van der Waals surface area contributed by atoms with Gasteiger partial charge in [-0.15, -0.1) is 0 Å². The Kier molecular flexibility index (Phi) is 6.47. The van der Waals surface area contributed by atoms with Crippen molar-refractivity contribution in [1.82, 2.24) is 10.6 Å². The highest BCUT2D eigenvalue weighted by atomic mass is 79.9. The number of carbonyl (C=O) groups excluding carboxylic acids is 2. The molecule has 0 aliphatic heterocycles. The van der Waals surface area contributed by atoms with Crippen molar-refractivity contribution in [2.75, 3.05) is 13.2 Å². The maximum atomic E-state index is 11.4. The smallest absolute Gasteiger partial charge is 0.318 e. The molecule has 0 bridgehead atoms. The number of amides is 3. The number of aryl methyl sites for hydroxylation is 1. The van der Waals surface area contributed by atoms with E-state index in [1.807, 2.05) is 31.3 Å². The van der Waals surface area contributed by atoms with Crippen LogP contribution in [0.4, 0.5) is 4.79 Å². The molecular weight excluding hydrogens is 326 g/mol. The average Bonchev–Trinajstić information content (AvgIpc) is 2.33. The number of imide groups is 1. The molecule has 110 valence electrons. The standard InChI is InChI=1S/C13H18BrN3O3/c1-3-16-6-9-5-10(14)4-8(2)12(9)20-7-11(18)17-13(15)19/h4-5,16H,3,6-7H2,1-2H3,(H3,15,17,18,19). The third-order valence-electron chi connectivity index (χ3n) is 2.49. The lowest BCUT2D eigenvalue weighted by molar-refractivity contribution is -0.121. The van der Waals surface area contributed by atoms with E-state index in [9.17, 15) is 9.59 Å². The lowest BCUT2D eigenvalue weighted by Crippen LogP contribution is -2.38. The van der Waals surface area contributed by atoms with Crippen molar-refractivity contribution in [2.24, 2.45) is 5.73 Å². The predicted octanol–water partition coefficient (Wildman–Crippen LogP) is 1.44. The maximum Gasteiger partial charge on any atom is 0.318 e. The van der Waals surface area contributed by atoms with Crippen LogP contribution in [0.1, 0.15) is 18.1 Å². The first-order chi connectivity index (χ1) is 9.43. The van der Waals surface area contributed by atoms with Crippen LogP contribution in [0.5, 0.6) is 5.75 Å². The van der Waals surface area contributed by atoms with E-state index in [2.05, 4.69) is 21.2 Å². The Labute approximate surface area is 126 Å². The van der Waals surface area contributed by atoms with Gasteiger partial charge in [-0.3, -0.25) is 10.1 Å². The molecule has 0 aliphatic rings. The minimum absolute atomic E-state index is 0.259. The number of urea groups is 1. The Morgan fingerprint density at radius 3 is 2.70 bits per heavy atom. The van der Waals surface area contributed by atoms with Crippen molar-refractivity contribution in [1.29, 1.82) is 0 Å². The van der Waals surface area contributed by atoms with Crippen LogP contribution in [0.15, 0.2) is 16.6 Å². The summed E-state index contributed by atoms with van der Waals surface area (Å²) in [6, 6.07) is 2.94. The van der Waals surface area contributed by atoms with Gasteiger partial charge in [0.15, 0.2) is 6.61 Å². The molecule has 1 rings (SSSR count). The number of nitrogens with two attached hydrogens (primary N) is 1. The molecule has 0 fully saturated rings. The van der Waals surface area contributed by atoms with Gasteiger partial charge in [0.2, 0.25) is 0 Å². The SMILES string of the molecule is CCNCc1cc(Br)cc(C)c1OCC(=O)NC(N)=O. The molecule has 0 saturated heterocycles. The molecule has 0 heterocycles. The van der Waals surface area contributed by atoms with Crippen LogP contribution >= 0.6 is 15.9 Å². The van der Waals surface area contributed by atoms with E-state index >= 15 is 0 Å². The number of carbonyl (C=O) groups is 2. The Morgan fingerprint density at radius 2 is 2.10 bits per heavy atom. The summed E-state index contributed by atoms with van der Waals surface area (Å²) in [6.45, 7) is 5.09. The van der Waals surface area contributed by atoms with Crippen molar-refractivity contribution in [3.05, 3.63) is 27.7 Å². The van der Waals surface area contributed by atoms with Gasteiger partial charge in [-0.05, 0) is 31.2 Å². The summed E-state index contributed by atoms with van der Waals surface area (Å²) in [4.78, 5) is 21.9. The predicted molar refractivity (Wildman–Crippen MR) is 79.5 cm³/mol. The van der Waals surface area contributed by atoms with Gasteiger partial charge in [0.1, 0.15) is 5.75 Å². The second-order valence-electron chi connectivity index (χ2n) is 4.19. The Morgan fingerprint density at radius 1 is 1.40 bits per heavy atom. The monoisotopic (exact) mass is 343 g/mol. The molecule has 0 radical (unpaired) electrons. The summed E-state index contributed by atoms with van der Waals surface area (Å²) in [5.41, 5.74) is 6.70. The fraction of sp³-hybridized carbons (Fsp3) is 0.385. The molecule has 1 aromatic carbocycles. The van der Waals surface area contributed by atoms with Crippen molar-refractivity contribution < 1.29 is 14.3 Å². The largest absolute Gasteiger partial charge is 0.483 e. The van der Waals surface area contributed by atoms with Gasteiger partial charge in [-0.1, -0.05) is 22.9 Å². The van der Waals surface area contributed by atoms with Crippen LogP contribution in [-0.2, 0) is 11.3 Å². The van der Waals surface area contributed by atoms with Crippen molar-refractivity contribution in [3.63, 3.8) is 0 Å². The third-order valence-corrected chi connectivity index (χ3v) is 2.95. The lowest BCUT2D eigenvalue weighted by Gasteiger charge is -2.15. The van der Waals surface area contributed by atoms with Gasteiger partial charge in [-0.25, -0.2) is 4.79 Å². The quantitative estimate of drug-likeness (QED) is 0.728. The maximum absolute atomic E-state index is 11.4. The molecule has 0 unspecified atom stereocenters. The van der Waals surface area contributed by atoms with Gasteiger partial charge in [0, 0.05) is 16.6 Å². The van der Waals surface area contributed by atoms with Crippen LogP contribution < -0.4 is 21.1 Å². The van der Waals surface area contributed by atoms with Crippen LogP contribution in [0.2, 0.25) is 0 Å².